The molecule has 90 valence electrons. The van der Waals surface area contributed by atoms with Gasteiger partial charge in [0, 0.05) is 37.6 Å². The van der Waals surface area contributed by atoms with Crippen LogP contribution >= 0.6 is 11.3 Å². The fraction of sp³-hybridized carbons (Fsp3) is 0.727. The van der Waals surface area contributed by atoms with Gasteiger partial charge in [0.1, 0.15) is 0 Å². The van der Waals surface area contributed by atoms with Crippen LogP contribution in [0.3, 0.4) is 0 Å². The smallest absolute Gasteiger partial charge is 0.185 e. The monoisotopic (exact) mass is 240 g/mol. The molecule has 0 unspecified atom stereocenters. The third-order valence-electron chi connectivity index (χ3n) is 2.99. The lowest BCUT2D eigenvalue weighted by molar-refractivity contribution is 0.312. The molecule has 1 aromatic heterocycles. The van der Waals surface area contributed by atoms with Crippen molar-refractivity contribution in [1.82, 2.24) is 15.2 Å². The Balaban J connectivity index is 2.06. The summed E-state index contributed by atoms with van der Waals surface area (Å²) < 4.78 is 0. The Morgan fingerprint density at radius 1 is 1.31 bits per heavy atom. The molecule has 4 nitrogen and oxygen atoms in total. The van der Waals surface area contributed by atoms with Crippen LogP contribution in [0.25, 0.3) is 0 Å². The summed E-state index contributed by atoms with van der Waals surface area (Å²) in [6, 6.07) is 0. The van der Waals surface area contributed by atoms with Gasteiger partial charge in [-0.05, 0) is 21.0 Å². The summed E-state index contributed by atoms with van der Waals surface area (Å²) in [6.07, 6.45) is 0. The fourth-order valence-electron chi connectivity index (χ4n) is 1.87. The predicted molar refractivity (Wildman–Crippen MR) is 69.3 cm³/mol. The number of aromatic nitrogens is 1. The Morgan fingerprint density at radius 2 is 2.00 bits per heavy atom. The molecule has 0 aromatic carbocycles. The normalized spacial score (nSPS) is 18.1. The van der Waals surface area contributed by atoms with Gasteiger partial charge in [-0.1, -0.05) is 0 Å². The van der Waals surface area contributed by atoms with E-state index in [-0.39, 0.29) is 0 Å². The van der Waals surface area contributed by atoms with Crippen molar-refractivity contribution in [2.24, 2.45) is 0 Å². The lowest BCUT2D eigenvalue weighted by Gasteiger charge is -2.32. The van der Waals surface area contributed by atoms with Gasteiger partial charge in [-0.2, -0.15) is 0 Å². The minimum absolute atomic E-state index is 0.928. The molecule has 0 atom stereocenters. The second-order valence-corrected chi connectivity index (χ2v) is 5.39. The Hall–Kier alpha value is -0.650. The molecule has 1 fully saturated rings. The quantitative estimate of drug-likeness (QED) is 0.851. The number of nitrogens with zero attached hydrogens (tertiary/aromatic N) is 3. The van der Waals surface area contributed by atoms with Gasteiger partial charge < -0.3 is 15.1 Å². The van der Waals surface area contributed by atoms with Crippen LogP contribution in [0.15, 0.2) is 0 Å². The third-order valence-corrected chi connectivity index (χ3v) is 4.21. The predicted octanol–water partition coefficient (Wildman–Crippen LogP) is 0.923. The van der Waals surface area contributed by atoms with Crippen molar-refractivity contribution in [3.8, 4) is 0 Å². The molecular weight excluding hydrogens is 220 g/mol. The van der Waals surface area contributed by atoms with E-state index in [1.54, 1.807) is 0 Å². The molecule has 0 radical (unpaired) electrons. The summed E-state index contributed by atoms with van der Waals surface area (Å²) in [5, 5.41) is 4.38. The van der Waals surface area contributed by atoms with Crippen molar-refractivity contribution in [2.45, 2.75) is 13.5 Å². The maximum Gasteiger partial charge on any atom is 0.185 e. The molecule has 0 bridgehead atoms. The zero-order valence-electron chi connectivity index (χ0n) is 10.3. The Kier molecular flexibility index (Phi) is 3.78. The third kappa shape index (κ3) is 2.53. The molecule has 5 heteroatoms. The van der Waals surface area contributed by atoms with Crippen LogP contribution in [0.1, 0.15) is 10.6 Å². The molecule has 1 aliphatic rings. The average Bonchev–Trinajstić information content (AvgIpc) is 2.62. The highest BCUT2D eigenvalue weighted by Crippen LogP contribution is 2.26. The van der Waals surface area contributed by atoms with Crippen molar-refractivity contribution in [3.05, 3.63) is 10.6 Å². The van der Waals surface area contributed by atoms with E-state index in [9.17, 15) is 0 Å². The molecule has 1 aromatic rings. The molecule has 0 aliphatic carbocycles. The van der Waals surface area contributed by atoms with Gasteiger partial charge in [-0.3, -0.25) is 0 Å². The van der Waals surface area contributed by atoms with Crippen LogP contribution in [0.4, 0.5) is 5.13 Å². The number of hydrogen-bond acceptors (Lipinski definition) is 5. The maximum atomic E-state index is 4.66. The average molecular weight is 240 g/mol. The molecule has 2 rings (SSSR count). The van der Waals surface area contributed by atoms with E-state index < -0.39 is 0 Å². The van der Waals surface area contributed by atoms with Gasteiger partial charge in [0.05, 0.1) is 5.69 Å². The second-order valence-electron chi connectivity index (χ2n) is 4.33. The first-order valence-corrected chi connectivity index (χ1v) is 6.56. The number of likely N-dealkylation sites (N-methyl/N-ethyl adjacent to an activating group) is 1. The minimum atomic E-state index is 0.928. The molecule has 1 N–H and O–H groups in total. The summed E-state index contributed by atoms with van der Waals surface area (Å²) >= 11 is 1.83. The standard InChI is InChI=1S/C11H20N4S/c1-9-10(8-12-2)16-11(13-9)15-6-4-14(3)5-7-15/h12H,4-8H2,1-3H3. The van der Waals surface area contributed by atoms with E-state index in [0.717, 1.165) is 32.7 Å². The minimum Gasteiger partial charge on any atom is -0.346 e. The molecule has 0 spiro atoms. The first-order valence-electron chi connectivity index (χ1n) is 5.75. The highest BCUT2D eigenvalue weighted by Gasteiger charge is 2.18. The van der Waals surface area contributed by atoms with Gasteiger partial charge in [-0.25, -0.2) is 4.98 Å². The van der Waals surface area contributed by atoms with E-state index >= 15 is 0 Å². The van der Waals surface area contributed by atoms with Crippen LogP contribution in [-0.2, 0) is 6.54 Å². The van der Waals surface area contributed by atoms with E-state index in [1.165, 1.54) is 15.7 Å². The van der Waals surface area contributed by atoms with Gasteiger partial charge in [0.15, 0.2) is 5.13 Å². The zero-order valence-corrected chi connectivity index (χ0v) is 11.1. The Morgan fingerprint density at radius 3 is 2.62 bits per heavy atom. The second kappa shape index (κ2) is 5.12. The van der Waals surface area contributed by atoms with Gasteiger partial charge >= 0.3 is 0 Å². The molecule has 16 heavy (non-hydrogen) atoms. The zero-order chi connectivity index (χ0) is 11.5. The summed E-state index contributed by atoms with van der Waals surface area (Å²) in [5.41, 5.74) is 1.17. The van der Waals surface area contributed by atoms with Crippen LogP contribution in [0.5, 0.6) is 0 Å². The number of thiazole rings is 1. The Labute approximate surface area is 101 Å². The van der Waals surface area contributed by atoms with Crippen LogP contribution < -0.4 is 10.2 Å². The van der Waals surface area contributed by atoms with Gasteiger partial charge in [0.25, 0.3) is 0 Å². The largest absolute Gasteiger partial charge is 0.346 e. The first kappa shape index (κ1) is 11.8. The highest BCUT2D eigenvalue weighted by molar-refractivity contribution is 7.15. The van der Waals surface area contributed by atoms with Crippen molar-refractivity contribution in [1.29, 1.82) is 0 Å². The van der Waals surface area contributed by atoms with Crippen molar-refractivity contribution in [3.63, 3.8) is 0 Å². The van der Waals surface area contributed by atoms with E-state index in [2.05, 4.69) is 34.1 Å². The Bertz CT molecular complexity index is 342. The SMILES string of the molecule is CNCc1sc(N2CCN(C)CC2)nc1C. The van der Waals surface area contributed by atoms with E-state index in [1.807, 2.05) is 18.4 Å². The lowest BCUT2D eigenvalue weighted by atomic mass is 10.3. The van der Waals surface area contributed by atoms with Crippen LogP contribution in [-0.4, -0.2) is 50.2 Å². The summed E-state index contributed by atoms with van der Waals surface area (Å²) in [5.74, 6) is 0. The number of nitrogens with one attached hydrogen (secondary N) is 1. The van der Waals surface area contributed by atoms with E-state index in [4.69, 9.17) is 0 Å². The highest BCUT2D eigenvalue weighted by atomic mass is 32.1. The molecule has 0 amide bonds. The topological polar surface area (TPSA) is 31.4 Å². The van der Waals surface area contributed by atoms with Crippen molar-refractivity contribution < 1.29 is 0 Å². The van der Waals surface area contributed by atoms with Crippen LogP contribution in [0.2, 0.25) is 0 Å². The number of anilines is 1. The summed E-state index contributed by atoms with van der Waals surface area (Å²) in [7, 11) is 4.16. The van der Waals surface area contributed by atoms with Gasteiger partial charge in [-0.15, -0.1) is 11.3 Å². The van der Waals surface area contributed by atoms with Crippen LogP contribution in [0, 0.1) is 6.92 Å². The van der Waals surface area contributed by atoms with Crippen molar-refractivity contribution >= 4 is 16.5 Å². The molecule has 1 aliphatic heterocycles. The maximum absolute atomic E-state index is 4.66. The number of piperazine rings is 1. The number of rotatable bonds is 3. The van der Waals surface area contributed by atoms with Crippen molar-refractivity contribution in [2.75, 3.05) is 45.2 Å². The van der Waals surface area contributed by atoms with E-state index in [0.29, 0.717) is 0 Å². The lowest BCUT2D eigenvalue weighted by Crippen LogP contribution is -2.44. The number of aryl methyl sites for hydroxylation is 1. The molecule has 0 saturated carbocycles. The number of hydrogen-bond donors (Lipinski definition) is 1. The molecule has 1 saturated heterocycles. The summed E-state index contributed by atoms with van der Waals surface area (Å²) in [4.78, 5) is 10.8. The molecular formula is C11H20N4S. The fourth-order valence-corrected chi connectivity index (χ4v) is 2.99. The first-order chi connectivity index (χ1) is 7.70. The van der Waals surface area contributed by atoms with Gasteiger partial charge in [0.2, 0.25) is 0 Å². The molecule has 2 heterocycles. The summed E-state index contributed by atoms with van der Waals surface area (Å²) in [6.45, 7) is 7.50.